The number of halogens is 6. The van der Waals surface area contributed by atoms with Gasteiger partial charge in [0, 0.05) is 19.5 Å². The van der Waals surface area contributed by atoms with Gasteiger partial charge in [-0.3, -0.25) is 0 Å². The molecule has 1 fully saturated rings. The van der Waals surface area contributed by atoms with Crippen LogP contribution in [-0.4, -0.2) is 0 Å². The van der Waals surface area contributed by atoms with E-state index in [9.17, 15) is 25.2 Å². The zero-order chi connectivity index (χ0) is 14.1. The first-order chi connectivity index (χ1) is 7.36. The summed E-state index contributed by atoms with van der Waals surface area (Å²) >= 11 is 0. The zero-order valence-corrected chi connectivity index (χ0v) is 11.6. The molecule has 0 aromatic rings. The van der Waals surface area contributed by atoms with E-state index in [0.29, 0.717) is 0 Å². The Kier molecular flexibility index (Phi) is 11.5. The molecule has 1 rings (SSSR count). The van der Waals surface area contributed by atoms with Gasteiger partial charge in [-0.05, 0) is 65.2 Å². The van der Waals surface area contributed by atoms with Crippen LogP contribution in [0.15, 0.2) is 0 Å². The largest absolute Gasteiger partial charge is 0.0496 e. The predicted molar refractivity (Wildman–Crippen MR) is 58.7 cm³/mol. The van der Waals surface area contributed by atoms with Gasteiger partial charge in [0.25, 0.3) is 0 Å². The summed E-state index contributed by atoms with van der Waals surface area (Å²) in [6, 6.07) is 0. The molecule has 0 saturated heterocycles. The van der Waals surface area contributed by atoms with E-state index >= 15 is 0 Å². The molecule has 0 N–H and O–H groups in total. The SMILES string of the molecule is F[P-](F)(F)(F)(F)F.[CH2][CH][CH][CH][CH2].[CH]1[CH][CH][CH][CH]1.[Rh]. The molecule has 0 nitrogen and oxygen atoms in total. The van der Waals surface area contributed by atoms with Gasteiger partial charge in [-0.25, -0.2) is 0 Å². The van der Waals surface area contributed by atoms with Crippen molar-refractivity contribution in [1.29, 1.82) is 0 Å². The molecular weight excluding hydrogens is 368 g/mol. The Bertz CT molecular complexity index is 162. The normalized spacial score (nSPS) is 18.0. The Morgan fingerprint density at radius 3 is 0.889 bits per heavy atom. The van der Waals surface area contributed by atoms with Crippen molar-refractivity contribution in [3.63, 3.8) is 0 Å². The summed E-state index contributed by atoms with van der Waals surface area (Å²) in [4.78, 5) is 0. The van der Waals surface area contributed by atoms with Gasteiger partial charge in [-0.1, -0.05) is 0 Å². The van der Waals surface area contributed by atoms with Crippen molar-refractivity contribution in [3.05, 3.63) is 65.2 Å². The van der Waals surface area contributed by atoms with Gasteiger partial charge in [0.05, 0.1) is 0 Å². The van der Waals surface area contributed by atoms with Crippen LogP contribution >= 0.6 is 7.81 Å². The number of hydrogen-bond donors (Lipinski definition) is 0. The van der Waals surface area contributed by atoms with E-state index in [4.69, 9.17) is 0 Å². The first-order valence-corrected chi connectivity index (χ1v) is 6.19. The first kappa shape index (κ1) is 23.7. The van der Waals surface area contributed by atoms with Crippen molar-refractivity contribution >= 4 is 7.81 Å². The number of hydrogen-bond acceptors (Lipinski definition) is 0. The average molecular weight is 380 g/mol. The van der Waals surface area contributed by atoms with E-state index in [1.165, 1.54) is 0 Å². The van der Waals surface area contributed by atoms with Crippen molar-refractivity contribution in [2.24, 2.45) is 0 Å². The van der Waals surface area contributed by atoms with Crippen LogP contribution in [-0.2, 0) is 19.5 Å². The van der Waals surface area contributed by atoms with Crippen LogP contribution in [0.2, 0.25) is 0 Å². The Labute approximate surface area is 118 Å². The van der Waals surface area contributed by atoms with Crippen molar-refractivity contribution in [3.8, 4) is 0 Å². The standard InChI is InChI=1S/C5H5.C5H7.F6P.Rh/c1-2-4-5-3-1;1-3-5-4-2;1-7(2,3,4,5)6;/h1-5H;3-5H,1-2H2;;/q;;-1;. The van der Waals surface area contributed by atoms with Gasteiger partial charge in [0.1, 0.15) is 0 Å². The fourth-order valence-corrected chi connectivity index (χ4v) is 0.417. The minimum atomic E-state index is -10.7. The second-order valence-electron chi connectivity index (χ2n) is 2.58. The molecule has 109 valence electrons. The third-order valence-electron chi connectivity index (χ3n) is 0.828. The fraction of sp³-hybridized carbons (Fsp3) is 0. The second-order valence-corrected chi connectivity index (χ2v) is 4.50. The fourth-order valence-electron chi connectivity index (χ4n) is 0.417. The molecule has 1 aliphatic rings. The van der Waals surface area contributed by atoms with Gasteiger partial charge in [-0.2, -0.15) is 0 Å². The summed E-state index contributed by atoms with van der Waals surface area (Å²) < 4.78 is 59.2. The molecule has 0 unspecified atom stereocenters. The third-order valence-corrected chi connectivity index (χ3v) is 0.828. The molecule has 8 heteroatoms. The van der Waals surface area contributed by atoms with E-state index in [1.807, 2.05) is 32.1 Å². The summed E-state index contributed by atoms with van der Waals surface area (Å²) in [5.74, 6) is 0. The smallest absolute Gasteiger partial charge is 0 e. The second kappa shape index (κ2) is 8.73. The minimum absolute atomic E-state index is 0. The Morgan fingerprint density at radius 2 is 0.833 bits per heavy atom. The molecule has 18 heavy (non-hydrogen) atoms. The summed E-state index contributed by atoms with van der Waals surface area (Å²) in [5, 5.41) is 0. The van der Waals surface area contributed by atoms with Gasteiger partial charge in [-0.15, -0.1) is 0 Å². The first-order valence-electron chi connectivity index (χ1n) is 4.16. The number of rotatable bonds is 2. The molecule has 1 aliphatic carbocycles. The monoisotopic (exact) mass is 380 g/mol. The topological polar surface area (TPSA) is 0 Å². The maximum atomic E-state index is 9.87. The van der Waals surface area contributed by atoms with Crippen LogP contribution in [0.1, 0.15) is 0 Å². The van der Waals surface area contributed by atoms with Crippen molar-refractivity contribution in [1.82, 2.24) is 0 Å². The van der Waals surface area contributed by atoms with Gasteiger partial charge < -0.3 is 0 Å². The van der Waals surface area contributed by atoms with Crippen LogP contribution in [0.25, 0.3) is 0 Å². The molecule has 0 atom stereocenters. The number of unbranched alkanes of at least 4 members (excludes halogenated alkanes) is 2. The molecule has 0 bridgehead atoms. The molecule has 0 spiro atoms. The van der Waals surface area contributed by atoms with Gasteiger partial charge in [0.2, 0.25) is 0 Å². The molecule has 0 aromatic heterocycles. The summed E-state index contributed by atoms with van der Waals surface area (Å²) in [7, 11) is -10.7. The van der Waals surface area contributed by atoms with Crippen molar-refractivity contribution < 1.29 is 44.7 Å². The molecule has 0 aliphatic heterocycles. The van der Waals surface area contributed by atoms with Gasteiger partial charge in [0.15, 0.2) is 0 Å². The molecule has 11 radical (unpaired) electrons. The van der Waals surface area contributed by atoms with E-state index in [0.717, 1.165) is 0 Å². The zero-order valence-electron chi connectivity index (χ0n) is 9.08. The van der Waals surface area contributed by atoms with Crippen molar-refractivity contribution in [2.45, 2.75) is 0 Å². The van der Waals surface area contributed by atoms with Crippen molar-refractivity contribution in [2.75, 3.05) is 0 Å². The minimum Gasteiger partial charge on any atom is -0.0496 e. The Morgan fingerprint density at radius 1 is 0.667 bits per heavy atom. The quantitative estimate of drug-likeness (QED) is 0.329. The van der Waals surface area contributed by atoms with Crippen LogP contribution in [0.5, 0.6) is 0 Å². The third kappa shape index (κ3) is 69.8. The van der Waals surface area contributed by atoms with Crippen LogP contribution < -0.4 is 0 Å². The molecule has 0 amide bonds. The summed E-state index contributed by atoms with van der Waals surface area (Å²) in [5.41, 5.74) is 0. The molecule has 1 saturated carbocycles. The van der Waals surface area contributed by atoms with Crippen LogP contribution in [0.3, 0.4) is 0 Å². The van der Waals surface area contributed by atoms with E-state index < -0.39 is 7.81 Å². The van der Waals surface area contributed by atoms with E-state index in [-0.39, 0.29) is 19.5 Å². The molecule has 0 aromatic carbocycles. The van der Waals surface area contributed by atoms with Crippen LogP contribution in [0.4, 0.5) is 25.2 Å². The average Bonchev–Trinajstić information content (AvgIpc) is 2.55. The van der Waals surface area contributed by atoms with E-state index in [2.05, 4.69) is 13.8 Å². The Balaban J connectivity index is -0.000000186. The molecular formula is C10H12F6PRh-. The molecule has 0 heterocycles. The van der Waals surface area contributed by atoms with E-state index in [1.54, 1.807) is 19.3 Å². The predicted octanol–water partition coefficient (Wildman–Crippen LogP) is 5.67. The maximum absolute atomic E-state index is 10.7. The summed E-state index contributed by atoms with van der Waals surface area (Å²) in [6.07, 6.45) is 15.2. The van der Waals surface area contributed by atoms with Gasteiger partial charge >= 0.3 is 33.0 Å². The summed E-state index contributed by atoms with van der Waals surface area (Å²) in [6.45, 7) is 6.85. The van der Waals surface area contributed by atoms with Crippen LogP contribution in [0, 0.1) is 65.2 Å². The Hall–Kier alpha value is 0.633. The maximum Gasteiger partial charge on any atom is 0 e.